The maximum atomic E-state index is 12.3. The van der Waals surface area contributed by atoms with Crippen LogP contribution in [-0.4, -0.2) is 41.1 Å². The van der Waals surface area contributed by atoms with Crippen molar-refractivity contribution in [3.63, 3.8) is 0 Å². The van der Waals surface area contributed by atoms with Crippen LogP contribution in [0.3, 0.4) is 0 Å². The van der Waals surface area contributed by atoms with Crippen LogP contribution in [0.4, 0.5) is 0 Å². The lowest BCUT2D eigenvalue weighted by atomic mass is 9.91. The van der Waals surface area contributed by atoms with Crippen molar-refractivity contribution in [1.82, 2.24) is 5.32 Å². The van der Waals surface area contributed by atoms with Crippen molar-refractivity contribution in [2.75, 3.05) is 18.6 Å². The van der Waals surface area contributed by atoms with Gasteiger partial charge in [-0.25, -0.2) is 4.79 Å². The SMILES string of the molecule is COc1cccc(C(C)CC(=O)NC2(C(=O)O)CCSCC2)c1. The molecule has 0 aromatic heterocycles. The maximum Gasteiger partial charge on any atom is 0.329 e. The Morgan fingerprint density at radius 2 is 2.09 bits per heavy atom. The van der Waals surface area contributed by atoms with Crippen LogP contribution in [0.25, 0.3) is 0 Å². The normalized spacial score (nSPS) is 18.0. The van der Waals surface area contributed by atoms with E-state index in [9.17, 15) is 14.7 Å². The molecule has 1 fully saturated rings. The zero-order chi connectivity index (χ0) is 16.9. The lowest BCUT2D eigenvalue weighted by molar-refractivity contribution is -0.148. The molecule has 1 atom stereocenters. The fourth-order valence-corrected chi connectivity index (χ4v) is 3.96. The second-order valence-electron chi connectivity index (χ2n) is 5.93. The van der Waals surface area contributed by atoms with Gasteiger partial charge in [0.2, 0.25) is 5.91 Å². The van der Waals surface area contributed by atoms with Gasteiger partial charge >= 0.3 is 5.97 Å². The first-order chi connectivity index (χ1) is 11.0. The molecule has 0 spiro atoms. The average molecular weight is 337 g/mol. The molecule has 1 aromatic carbocycles. The van der Waals surface area contributed by atoms with Crippen LogP contribution in [0.5, 0.6) is 5.75 Å². The molecule has 23 heavy (non-hydrogen) atoms. The van der Waals surface area contributed by atoms with Gasteiger partial charge in [0.05, 0.1) is 7.11 Å². The summed E-state index contributed by atoms with van der Waals surface area (Å²) in [5.41, 5.74) is -0.0979. The maximum absolute atomic E-state index is 12.3. The number of rotatable bonds is 6. The minimum atomic E-state index is -1.10. The minimum Gasteiger partial charge on any atom is -0.497 e. The van der Waals surface area contributed by atoms with Crippen molar-refractivity contribution in [2.45, 2.75) is 37.6 Å². The molecule has 1 aliphatic heterocycles. The molecule has 0 aliphatic carbocycles. The number of amides is 1. The summed E-state index contributed by atoms with van der Waals surface area (Å²) < 4.78 is 5.20. The first-order valence-electron chi connectivity index (χ1n) is 7.73. The van der Waals surface area contributed by atoms with Crippen LogP contribution in [-0.2, 0) is 9.59 Å². The van der Waals surface area contributed by atoms with Crippen LogP contribution in [0.1, 0.15) is 37.7 Å². The summed E-state index contributed by atoms with van der Waals surface area (Å²) in [5.74, 6) is 1.13. The van der Waals surface area contributed by atoms with E-state index in [4.69, 9.17) is 4.74 Å². The average Bonchev–Trinajstić information content (AvgIpc) is 2.55. The molecular weight excluding hydrogens is 314 g/mol. The van der Waals surface area contributed by atoms with Crippen molar-refractivity contribution in [3.8, 4) is 5.75 Å². The number of carbonyl (C=O) groups is 2. The summed E-state index contributed by atoms with van der Waals surface area (Å²) in [7, 11) is 1.61. The molecule has 1 saturated heterocycles. The highest BCUT2D eigenvalue weighted by atomic mass is 32.2. The predicted octanol–water partition coefficient (Wildman–Crippen LogP) is 2.66. The van der Waals surface area contributed by atoms with E-state index in [0.29, 0.717) is 12.8 Å². The molecule has 1 aromatic rings. The largest absolute Gasteiger partial charge is 0.497 e. The molecule has 2 rings (SSSR count). The fraction of sp³-hybridized carbons (Fsp3) is 0.529. The van der Waals surface area contributed by atoms with Crippen molar-refractivity contribution in [3.05, 3.63) is 29.8 Å². The van der Waals surface area contributed by atoms with Gasteiger partial charge in [-0.15, -0.1) is 0 Å². The van der Waals surface area contributed by atoms with Gasteiger partial charge in [-0.05, 0) is 48.0 Å². The number of ether oxygens (including phenoxy) is 1. The Morgan fingerprint density at radius 1 is 1.39 bits per heavy atom. The number of thioether (sulfide) groups is 1. The Labute approximate surface area is 140 Å². The monoisotopic (exact) mass is 337 g/mol. The van der Waals surface area contributed by atoms with Gasteiger partial charge in [0, 0.05) is 6.42 Å². The number of nitrogens with one attached hydrogen (secondary N) is 1. The summed E-state index contributed by atoms with van der Waals surface area (Å²) in [4.78, 5) is 24.0. The van der Waals surface area contributed by atoms with Crippen molar-refractivity contribution in [2.24, 2.45) is 0 Å². The highest BCUT2D eigenvalue weighted by molar-refractivity contribution is 7.99. The third kappa shape index (κ3) is 4.41. The predicted molar refractivity (Wildman–Crippen MR) is 91.1 cm³/mol. The minimum absolute atomic E-state index is 0.00564. The number of hydrogen-bond donors (Lipinski definition) is 2. The van der Waals surface area contributed by atoms with Crippen LogP contribution in [0.15, 0.2) is 24.3 Å². The quantitative estimate of drug-likeness (QED) is 0.835. The zero-order valence-electron chi connectivity index (χ0n) is 13.5. The Morgan fingerprint density at radius 3 is 2.70 bits per heavy atom. The smallest absolute Gasteiger partial charge is 0.329 e. The molecule has 5 nitrogen and oxygen atoms in total. The molecule has 1 heterocycles. The molecule has 1 amide bonds. The molecule has 1 aliphatic rings. The topological polar surface area (TPSA) is 75.6 Å². The number of aliphatic carboxylic acids is 1. The van der Waals surface area contributed by atoms with E-state index >= 15 is 0 Å². The van der Waals surface area contributed by atoms with E-state index in [1.807, 2.05) is 31.2 Å². The second kappa shape index (κ2) is 7.73. The van der Waals surface area contributed by atoms with Crippen molar-refractivity contribution < 1.29 is 19.4 Å². The number of methoxy groups -OCH3 is 1. The fourth-order valence-electron chi connectivity index (χ4n) is 2.77. The summed E-state index contributed by atoms with van der Waals surface area (Å²) in [6.45, 7) is 1.96. The molecule has 6 heteroatoms. The molecule has 126 valence electrons. The first-order valence-corrected chi connectivity index (χ1v) is 8.88. The number of hydrogen-bond acceptors (Lipinski definition) is 4. The van der Waals surface area contributed by atoms with Crippen molar-refractivity contribution in [1.29, 1.82) is 0 Å². The Kier molecular flexibility index (Phi) is 5.93. The molecule has 1 unspecified atom stereocenters. The Bertz CT molecular complexity index is 569. The summed E-state index contributed by atoms with van der Waals surface area (Å²) >= 11 is 1.73. The van der Waals surface area contributed by atoms with Crippen molar-refractivity contribution >= 4 is 23.6 Å². The second-order valence-corrected chi connectivity index (χ2v) is 7.15. The van der Waals surface area contributed by atoms with Crippen LogP contribution >= 0.6 is 11.8 Å². The zero-order valence-corrected chi connectivity index (χ0v) is 14.3. The van der Waals surface area contributed by atoms with Gasteiger partial charge < -0.3 is 15.2 Å². The highest BCUT2D eigenvalue weighted by Gasteiger charge is 2.41. The van der Waals surface area contributed by atoms with Crippen LogP contribution < -0.4 is 10.1 Å². The van der Waals surface area contributed by atoms with E-state index in [-0.39, 0.29) is 18.2 Å². The lowest BCUT2D eigenvalue weighted by Crippen LogP contribution is -2.56. The van der Waals surface area contributed by atoms with Gasteiger partial charge in [0.1, 0.15) is 11.3 Å². The number of benzene rings is 1. The highest BCUT2D eigenvalue weighted by Crippen LogP contribution is 2.29. The van der Waals surface area contributed by atoms with E-state index in [1.165, 1.54) is 0 Å². The third-order valence-electron chi connectivity index (χ3n) is 4.29. The summed E-state index contributed by atoms with van der Waals surface area (Å²) in [5, 5.41) is 12.3. The Balaban J connectivity index is 2.01. The van der Waals surface area contributed by atoms with Crippen LogP contribution in [0.2, 0.25) is 0 Å². The van der Waals surface area contributed by atoms with Gasteiger partial charge in [-0.1, -0.05) is 19.1 Å². The van der Waals surface area contributed by atoms with Crippen LogP contribution in [0, 0.1) is 0 Å². The molecule has 2 N–H and O–H groups in total. The van der Waals surface area contributed by atoms with E-state index in [1.54, 1.807) is 18.9 Å². The van der Waals surface area contributed by atoms with Gasteiger partial charge in [0.25, 0.3) is 0 Å². The van der Waals surface area contributed by atoms with E-state index < -0.39 is 11.5 Å². The number of carboxylic acid groups (broad SMARTS) is 1. The molecule has 0 saturated carbocycles. The van der Waals surface area contributed by atoms with Gasteiger partial charge in [-0.3, -0.25) is 4.79 Å². The third-order valence-corrected chi connectivity index (χ3v) is 5.27. The summed E-state index contributed by atoms with van der Waals surface area (Å²) in [6, 6.07) is 7.60. The van der Waals surface area contributed by atoms with E-state index in [2.05, 4.69) is 5.32 Å². The van der Waals surface area contributed by atoms with E-state index in [0.717, 1.165) is 22.8 Å². The number of carboxylic acids is 1. The first kappa shape index (κ1) is 17.7. The van der Waals surface area contributed by atoms with Gasteiger partial charge in [-0.2, -0.15) is 11.8 Å². The lowest BCUT2D eigenvalue weighted by Gasteiger charge is -2.34. The number of carbonyl (C=O) groups excluding carboxylic acids is 1. The molecule has 0 bridgehead atoms. The van der Waals surface area contributed by atoms with Gasteiger partial charge in [0.15, 0.2) is 0 Å². The molecule has 0 radical (unpaired) electrons. The molecular formula is C17H23NO4S. The Hall–Kier alpha value is -1.69. The summed E-state index contributed by atoms with van der Waals surface area (Å²) in [6.07, 6.45) is 1.22. The standard InChI is InChI=1S/C17H23NO4S/c1-12(13-4-3-5-14(11-13)22-2)10-15(19)18-17(16(20)21)6-8-23-9-7-17/h3-5,11-12H,6-10H2,1-2H3,(H,18,19)(H,20,21).